The van der Waals surface area contributed by atoms with Crippen molar-refractivity contribution in [2.24, 2.45) is 34.0 Å². The fourth-order valence-electron chi connectivity index (χ4n) is 9.04. The number of carbonyl (C=O) groups is 2. The summed E-state index contributed by atoms with van der Waals surface area (Å²) in [5.74, 6) is 1.42. The number of methoxy groups -OCH3 is 2. The molecule has 8 atom stereocenters. The molecule has 1 N–H and O–H groups in total. The lowest BCUT2D eigenvalue weighted by Gasteiger charge is -2.61. The third-order valence-corrected chi connectivity index (χ3v) is 14.2. The van der Waals surface area contributed by atoms with Gasteiger partial charge in [0.1, 0.15) is 28.1 Å². The average molecular weight is 680 g/mol. The molecule has 0 aliphatic heterocycles. The maximum atomic E-state index is 13.7. The molecule has 10 heteroatoms. The molecule has 8 nitrogen and oxygen atoms in total. The van der Waals surface area contributed by atoms with Crippen molar-refractivity contribution in [1.82, 2.24) is 4.98 Å². The Hall–Kier alpha value is -2.95. The number of nitrogens with zero attached hydrogens (tertiary/aromatic N) is 2. The summed E-state index contributed by atoms with van der Waals surface area (Å²) in [5.41, 5.74) is 0.445. The number of thiazole rings is 1. The molecule has 3 aromatic rings. The highest BCUT2D eigenvalue weighted by molar-refractivity contribution is 8.01. The lowest BCUT2D eigenvalue weighted by Crippen LogP contribution is -2.63. The van der Waals surface area contributed by atoms with Crippen LogP contribution in [0, 0.1) is 34.0 Å². The maximum Gasteiger partial charge on any atom is 0.316 e. The van der Waals surface area contributed by atoms with Crippen LogP contribution in [0.15, 0.2) is 53.7 Å². The molecule has 0 spiro atoms. The van der Waals surface area contributed by atoms with E-state index in [0.717, 1.165) is 50.9 Å². The van der Waals surface area contributed by atoms with Gasteiger partial charge in [0.25, 0.3) is 0 Å². The first kappa shape index (κ1) is 33.9. The molecule has 0 radical (unpaired) electrons. The molecule has 3 aliphatic carbocycles. The summed E-state index contributed by atoms with van der Waals surface area (Å²) < 4.78 is 21.2. The summed E-state index contributed by atoms with van der Waals surface area (Å²) in [4.78, 5) is 32.1. The van der Waals surface area contributed by atoms with Crippen LogP contribution in [-0.4, -0.2) is 54.0 Å². The van der Waals surface area contributed by atoms with E-state index in [0.29, 0.717) is 19.4 Å². The minimum Gasteiger partial charge on any atom is -0.497 e. The minimum absolute atomic E-state index is 0.0583. The number of aromatic nitrogens is 2. The van der Waals surface area contributed by atoms with Crippen LogP contribution in [0.5, 0.6) is 11.5 Å². The Kier molecular flexibility index (Phi) is 9.26. The fourth-order valence-corrected chi connectivity index (χ4v) is 10.9. The van der Waals surface area contributed by atoms with Crippen LogP contribution in [0.2, 0.25) is 0 Å². The summed E-state index contributed by atoms with van der Waals surface area (Å²) in [6.07, 6.45) is 8.28. The molecule has 6 rings (SSSR count). The van der Waals surface area contributed by atoms with Crippen molar-refractivity contribution in [1.29, 1.82) is 0 Å². The van der Waals surface area contributed by atoms with Crippen molar-refractivity contribution < 1.29 is 33.5 Å². The highest BCUT2D eigenvalue weighted by atomic mass is 32.2. The SMILES string of the molecule is C=C[C@]1(C)C[C@@H](OC(=O)CSc2nc3cc[n+](Cc4cc(OC)cc(OC)c4)cc3s2)[C@]2(C)[C@H](C)CC[C@]3(CCC(=O)[C@H]32)[C@@H](C)[C@@H]1O. The summed E-state index contributed by atoms with van der Waals surface area (Å²) in [6.45, 7) is 13.3. The predicted molar refractivity (Wildman–Crippen MR) is 184 cm³/mol. The van der Waals surface area contributed by atoms with Crippen LogP contribution < -0.4 is 14.0 Å². The maximum absolute atomic E-state index is 13.7. The Bertz CT molecular complexity index is 1670. The number of aliphatic hydroxyl groups is 1. The van der Waals surface area contributed by atoms with Gasteiger partial charge in [-0.1, -0.05) is 45.5 Å². The first-order valence-electron chi connectivity index (χ1n) is 16.5. The van der Waals surface area contributed by atoms with Crippen molar-refractivity contribution in [3.05, 3.63) is 54.9 Å². The molecule has 2 bridgehead atoms. The Balaban J connectivity index is 1.20. The van der Waals surface area contributed by atoms with E-state index in [-0.39, 0.29) is 40.7 Å². The average Bonchev–Trinajstić information content (AvgIpc) is 3.64. The van der Waals surface area contributed by atoms with Crippen LogP contribution in [0.4, 0.5) is 0 Å². The lowest BCUT2D eigenvalue weighted by atomic mass is 9.44. The zero-order valence-electron chi connectivity index (χ0n) is 28.3. The monoisotopic (exact) mass is 679 g/mol. The minimum atomic E-state index is -0.682. The predicted octanol–water partition coefficient (Wildman–Crippen LogP) is 6.65. The molecule has 252 valence electrons. The zero-order valence-corrected chi connectivity index (χ0v) is 29.9. The molecule has 1 aromatic carbocycles. The van der Waals surface area contributed by atoms with E-state index in [9.17, 15) is 14.7 Å². The number of esters is 1. The number of Topliss-reactive ketones (excluding diaryl/α,β-unsaturated/α-hetero) is 1. The normalized spacial score (nSPS) is 33.5. The number of ketones is 1. The van der Waals surface area contributed by atoms with Gasteiger partial charge in [-0.15, -0.1) is 17.9 Å². The van der Waals surface area contributed by atoms with Gasteiger partial charge >= 0.3 is 5.97 Å². The van der Waals surface area contributed by atoms with Gasteiger partial charge in [-0.25, -0.2) is 4.98 Å². The van der Waals surface area contributed by atoms with Crippen molar-refractivity contribution in [2.45, 2.75) is 82.9 Å². The Morgan fingerprint density at radius 2 is 1.91 bits per heavy atom. The molecule has 2 heterocycles. The zero-order chi connectivity index (χ0) is 33.7. The molecule has 0 saturated heterocycles. The number of fused-ring (bicyclic) bond motifs is 1. The topological polar surface area (TPSA) is 98.8 Å². The molecule has 3 aliphatic rings. The van der Waals surface area contributed by atoms with E-state index < -0.39 is 23.0 Å². The second-order valence-corrected chi connectivity index (χ2v) is 16.7. The third kappa shape index (κ3) is 5.88. The van der Waals surface area contributed by atoms with E-state index in [4.69, 9.17) is 19.2 Å². The highest BCUT2D eigenvalue weighted by Gasteiger charge is 2.68. The first-order valence-corrected chi connectivity index (χ1v) is 18.4. The Morgan fingerprint density at radius 3 is 2.60 bits per heavy atom. The van der Waals surface area contributed by atoms with E-state index in [2.05, 4.69) is 38.1 Å². The summed E-state index contributed by atoms with van der Waals surface area (Å²) in [7, 11) is 3.28. The van der Waals surface area contributed by atoms with Crippen molar-refractivity contribution in [3.8, 4) is 11.5 Å². The molecule has 3 fully saturated rings. The Morgan fingerprint density at radius 1 is 1.19 bits per heavy atom. The molecule has 0 unspecified atom stereocenters. The van der Waals surface area contributed by atoms with Crippen molar-refractivity contribution >= 4 is 45.1 Å². The van der Waals surface area contributed by atoms with Gasteiger partial charge in [0.2, 0.25) is 0 Å². The number of thioether (sulfide) groups is 1. The van der Waals surface area contributed by atoms with Crippen LogP contribution in [0.1, 0.15) is 65.4 Å². The third-order valence-electron chi connectivity index (χ3n) is 12.0. The quantitative estimate of drug-likeness (QED) is 0.116. The van der Waals surface area contributed by atoms with Crippen LogP contribution >= 0.6 is 23.1 Å². The second-order valence-electron chi connectivity index (χ2n) is 14.4. The van der Waals surface area contributed by atoms with Gasteiger partial charge in [0.05, 0.1) is 31.6 Å². The van der Waals surface area contributed by atoms with E-state index in [1.807, 2.05) is 43.5 Å². The highest BCUT2D eigenvalue weighted by Crippen LogP contribution is 2.68. The molecular weight excluding hydrogens is 633 g/mol. The number of carbonyl (C=O) groups excluding carboxylic acids is 2. The molecule has 3 saturated carbocycles. The van der Waals surface area contributed by atoms with E-state index in [1.54, 1.807) is 25.6 Å². The molecule has 47 heavy (non-hydrogen) atoms. The number of ether oxygens (including phenoxy) is 3. The first-order chi connectivity index (χ1) is 22.4. The van der Waals surface area contributed by atoms with Gasteiger partial charge in [0, 0.05) is 40.9 Å². The lowest BCUT2D eigenvalue weighted by molar-refractivity contribution is -0.687. The van der Waals surface area contributed by atoms with E-state index >= 15 is 0 Å². The van der Waals surface area contributed by atoms with Gasteiger partial charge in [0.15, 0.2) is 23.3 Å². The summed E-state index contributed by atoms with van der Waals surface area (Å²) >= 11 is 2.92. The second kappa shape index (κ2) is 12.8. The molecular formula is C37H47N2O6S2+. The largest absolute Gasteiger partial charge is 0.497 e. The number of hydrogen-bond donors (Lipinski definition) is 1. The number of aliphatic hydroxyl groups excluding tert-OH is 1. The smallest absolute Gasteiger partial charge is 0.316 e. The summed E-state index contributed by atoms with van der Waals surface area (Å²) in [6, 6.07) is 7.82. The molecule has 0 amide bonds. The number of pyridine rings is 1. The van der Waals surface area contributed by atoms with E-state index in [1.165, 1.54) is 11.8 Å². The van der Waals surface area contributed by atoms with Gasteiger partial charge in [-0.3, -0.25) is 9.59 Å². The standard InChI is InChI=1S/C37H47N2O6S2/c1-8-35(4)18-30(36(5)22(2)9-12-37(23(3)33(35)42)13-10-28(40)32(36)37)45-31(41)21-46-34-38-27-11-14-39(20-29(27)47-34)19-24-15-25(43-6)17-26(16-24)44-7/h8,11,14-17,20,22-23,30,32-33,42H,1,9-10,12-13,18-19,21H2,2-7H3/q+1/t22-,23+,30-,32+,33+,35-,36+,37+/m1/s1. The van der Waals surface area contributed by atoms with Crippen molar-refractivity contribution in [2.75, 3.05) is 20.0 Å². The van der Waals surface area contributed by atoms with Crippen LogP contribution in [-0.2, 0) is 20.9 Å². The Labute approximate surface area is 285 Å². The fraction of sp³-hybridized carbons (Fsp3) is 0.568. The van der Waals surface area contributed by atoms with Crippen molar-refractivity contribution in [3.63, 3.8) is 0 Å². The number of rotatable bonds is 9. The van der Waals surface area contributed by atoms with Gasteiger partial charge in [-0.05, 0) is 55.1 Å². The molecule has 2 aromatic heterocycles. The van der Waals surface area contributed by atoms with Crippen LogP contribution in [0.3, 0.4) is 0 Å². The van der Waals surface area contributed by atoms with Gasteiger partial charge in [-0.2, -0.15) is 4.57 Å². The van der Waals surface area contributed by atoms with Crippen LogP contribution in [0.25, 0.3) is 10.2 Å². The van der Waals surface area contributed by atoms with Gasteiger partial charge < -0.3 is 19.3 Å². The summed E-state index contributed by atoms with van der Waals surface area (Å²) in [5, 5.41) is 11.8. The number of benzene rings is 1. The number of hydrogen-bond acceptors (Lipinski definition) is 9.